The van der Waals surface area contributed by atoms with Gasteiger partial charge in [0.25, 0.3) is 0 Å². The second-order valence-corrected chi connectivity index (χ2v) is 4.10. The predicted molar refractivity (Wildman–Crippen MR) is 64.6 cm³/mol. The van der Waals surface area contributed by atoms with Gasteiger partial charge in [0.1, 0.15) is 11.5 Å². The number of carboxylic acids is 1. The van der Waals surface area contributed by atoms with Crippen molar-refractivity contribution < 1.29 is 19.4 Å². The van der Waals surface area contributed by atoms with E-state index in [4.69, 9.17) is 19.8 Å². The first-order valence-electron chi connectivity index (χ1n) is 5.32. The lowest BCUT2D eigenvalue weighted by molar-refractivity contribution is -0.144. The first-order valence-corrected chi connectivity index (χ1v) is 5.32. The molecule has 1 aromatic rings. The number of rotatable bonds is 5. The largest absolute Gasteiger partial charge is 0.497 e. The van der Waals surface area contributed by atoms with Crippen LogP contribution >= 0.6 is 0 Å². The van der Waals surface area contributed by atoms with E-state index in [-0.39, 0.29) is 6.42 Å². The van der Waals surface area contributed by atoms with Crippen LogP contribution in [0.4, 0.5) is 0 Å². The first kappa shape index (κ1) is 13.8. The molecule has 0 spiro atoms. The summed E-state index contributed by atoms with van der Waals surface area (Å²) in [4.78, 5) is 11.1. The summed E-state index contributed by atoms with van der Waals surface area (Å²) in [5, 5.41) is 18.1. The molecule has 96 valence electrons. The molecule has 0 radical (unpaired) electrons. The van der Waals surface area contributed by atoms with Gasteiger partial charge in [-0.05, 0) is 18.6 Å². The molecule has 5 nitrogen and oxygen atoms in total. The van der Waals surface area contributed by atoms with Crippen LogP contribution in [0, 0.1) is 16.7 Å². The molecule has 0 amide bonds. The van der Waals surface area contributed by atoms with Gasteiger partial charge in [0.2, 0.25) is 0 Å². The van der Waals surface area contributed by atoms with Crippen molar-refractivity contribution in [3.63, 3.8) is 0 Å². The van der Waals surface area contributed by atoms with Crippen LogP contribution in [0.1, 0.15) is 12.5 Å². The standard InChI is InChI=1S/C13H15NO4/c1-13(8-14,12(15)16)7-9-4-5-10(17-2)6-11(9)18-3/h4-6H,7H2,1-3H3,(H,15,16). The summed E-state index contributed by atoms with van der Waals surface area (Å²) in [6, 6.07) is 6.89. The smallest absolute Gasteiger partial charge is 0.324 e. The van der Waals surface area contributed by atoms with Crippen LogP contribution in [0.25, 0.3) is 0 Å². The Morgan fingerprint density at radius 1 is 1.44 bits per heavy atom. The Hall–Kier alpha value is -2.22. The van der Waals surface area contributed by atoms with Crippen molar-refractivity contribution in [2.45, 2.75) is 13.3 Å². The van der Waals surface area contributed by atoms with Gasteiger partial charge in [0.05, 0.1) is 20.3 Å². The van der Waals surface area contributed by atoms with Crippen molar-refractivity contribution in [2.75, 3.05) is 14.2 Å². The molecular weight excluding hydrogens is 234 g/mol. The van der Waals surface area contributed by atoms with E-state index in [1.807, 2.05) is 6.07 Å². The van der Waals surface area contributed by atoms with Gasteiger partial charge in [0.15, 0.2) is 5.41 Å². The van der Waals surface area contributed by atoms with Crippen LogP contribution in [0.3, 0.4) is 0 Å². The summed E-state index contributed by atoms with van der Waals surface area (Å²) in [5.74, 6) is -0.0236. The molecule has 1 atom stereocenters. The van der Waals surface area contributed by atoms with Crippen LogP contribution in [-0.2, 0) is 11.2 Å². The number of ether oxygens (including phenoxy) is 2. The minimum Gasteiger partial charge on any atom is -0.497 e. The number of methoxy groups -OCH3 is 2. The highest BCUT2D eigenvalue weighted by Gasteiger charge is 2.34. The Morgan fingerprint density at radius 3 is 2.56 bits per heavy atom. The van der Waals surface area contributed by atoms with Crippen LogP contribution in [-0.4, -0.2) is 25.3 Å². The SMILES string of the molecule is COc1ccc(CC(C)(C#N)C(=O)O)c(OC)c1. The molecule has 1 rings (SSSR count). The maximum atomic E-state index is 11.1. The lowest BCUT2D eigenvalue weighted by Gasteiger charge is -2.18. The van der Waals surface area contributed by atoms with E-state index in [0.29, 0.717) is 17.1 Å². The van der Waals surface area contributed by atoms with E-state index < -0.39 is 11.4 Å². The molecule has 0 heterocycles. The number of carbonyl (C=O) groups is 1. The van der Waals surface area contributed by atoms with E-state index >= 15 is 0 Å². The number of aliphatic carboxylic acids is 1. The van der Waals surface area contributed by atoms with Gasteiger partial charge in [-0.2, -0.15) is 5.26 Å². The van der Waals surface area contributed by atoms with E-state index in [9.17, 15) is 4.79 Å². The average Bonchev–Trinajstić information content (AvgIpc) is 2.38. The van der Waals surface area contributed by atoms with Crippen LogP contribution in [0.2, 0.25) is 0 Å². The highest BCUT2D eigenvalue weighted by molar-refractivity contribution is 5.78. The van der Waals surface area contributed by atoms with Gasteiger partial charge in [-0.3, -0.25) is 4.79 Å². The highest BCUT2D eigenvalue weighted by Crippen LogP contribution is 2.30. The summed E-state index contributed by atoms with van der Waals surface area (Å²) >= 11 is 0. The van der Waals surface area contributed by atoms with Crippen molar-refractivity contribution in [2.24, 2.45) is 5.41 Å². The first-order chi connectivity index (χ1) is 8.46. The summed E-state index contributed by atoms with van der Waals surface area (Å²) in [6.45, 7) is 1.39. The Balaban J connectivity index is 3.12. The molecule has 0 aromatic heterocycles. The van der Waals surface area contributed by atoms with E-state index in [0.717, 1.165) is 0 Å². The van der Waals surface area contributed by atoms with Crippen molar-refractivity contribution in [3.8, 4) is 17.6 Å². The molecule has 0 aliphatic heterocycles. The summed E-state index contributed by atoms with van der Waals surface area (Å²) < 4.78 is 10.2. The zero-order chi connectivity index (χ0) is 13.8. The molecule has 0 aliphatic rings. The number of hydrogen-bond donors (Lipinski definition) is 1. The maximum absolute atomic E-state index is 11.1. The quantitative estimate of drug-likeness (QED) is 0.861. The fourth-order valence-corrected chi connectivity index (χ4v) is 1.54. The van der Waals surface area contributed by atoms with E-state index in [1.165, 1.54) is 21.1 Å². The van der Waals surface area contributed by atoms with Crippen molar-refractivity contribution in [1.29, 1.82) is 5.26 Å². The summed E-state index contributed by atoms with van der Waals surface area (Å²) in [6.07, 6.45) is 0.0754. The van der Waals surface area contributed by atoms with Crippen molar-refractivity contribution >= 4 is 5.97 Å². The number of hydrogen-bond acceptors (Lipinski definition) is 4. The minimum atomic E-state index is -1.47. The lowest BCUT2D eigenvalue weighted by atomic mass is 9.85. The minimum absolute atomic E-state index is 0.0754. The van der Waals surface area contributed by atoms with E-state index in [1.54, 1.807) is 18.2 Å². The molecule has 0 fully saturated rings. The fraction of sp³-hybridized carbons (Fsp3) is 0.385. The number of carboxylic acid groups (broad SMARTS) is 1. The molecule has 5 heteroatoms. The zero-order valence-corrected chi connectivity index (χ0v) is 10.6. The molecule has 1 aromatic carbocycles. The third-order valence-corrected chi connectivity index (χ3v) is 2.76. The molecule has 1 unspecified atom stereocenters. The topological polar surface area (TPSA) is 79.5 Å². The Kier molecular flexibility index (Phi) is 4.16. The summed E-state index contributed by atoms with van der Waals surface area (Å²) in [5.41, 5.74) is -0.813. The Bertz CT molecular complexity index is 492. The Labute approximate surface area is 106 Å². The average molecular weight is 249 g/mol. The number of benzene rings is 1. The van der Waals surface area contributed by atoms with Crippen molar-refractivity contribution in [1.82, 2.24) is 0 Å². The van der Waals surface area contributed by atoms with Crippen LogP contribution in [0.15, 0.2) is 18.2 Å². The number of nitriles is 1. The second kappa shape index (κ2) is 5.41. The van der Waals surface area contributed by atoms with Gasteiger partial charge in [0, 0.05) is 12.5 Å². The molecule has 0 bridgehead atoms. The Morgan fingerprint density at radius 2 is 2.11 bits per heavy atom. The van der Waals surface area contributed by atoms with Gasteiger partial charge in [-0.15, -0.1) is 0 Å². The second-order valence-electron chi connectivity index (χ2n) is 4.10. The monoisotopic (exact) mass is 249 g/mol. The highest BCUT2D eigenvalue weighted by atomic mass is 16.5. The predicted octanol–water partition coefficient (Wildman–Crippen LogP) is 1.86. The molecule has 0 saturated carbocycles. The third-order valence-electron chi connectivity index (χ3n) is 2.76. The van der Waals surface area contributed by atoms with Crippen molar-refractivity contribution in [3.05, 3.63) is 23.8 Å². The van der Waals surface area contributed by atoms with Crippen LogP contribution in [0.5, 0.6) is 11.5 Å². The van der Waals surface area contributed by atoms with Gasteiger partial charge in [-0.1, -0.05) is 6.07 Å². The van der Waals surface area contributed by atoms with E-state index in [2.05, 4.69) is 0 Å². The zero-order valence-electron chi connectivity index (χ0n) is 10.6. The third kappa shape index (κ3) is 2.72. The van der Waals surface area contributed by atoms with Gasteiger partial charge < -0.3 is 14.6 Å². The molecule has 18 heavy (non-hydrogen) atoms. The van der Waals surface area contributed by atoms with Gasteiger partial charge in [-0.25, -0.2) is 0 Å². The molecule has 1 N–H and O–H groups in total. The molecule has 0 saturated heterocycles. The van der Waals surface area contributed by atoms with Gasteiger partial charge >= 0.3 is 5.97 Å². The molecular formula is C13H15NO4. The fourth-order valence-electron chi connectivity index (χ4n) is 1.54. The summed E-state index contributed by atoms with van der Waals surface area (Å²) in [7, 11) is 3.02. The normalized spacial score (nSPS) is 13.2. The van der Waals surface area contributed by atoms with Crippen LogP contribution < -0.4 is 9.47 Å². The number of nitrogens with zero attached hydrogens (tertiary/aromatic N) is 1. The maximum Gasteiger partial charge on any atom is 0.324 e. The molecule has 0 aliphatic carbocycles. The lowest BCUT2D eigenvalue weighted by Crippen LogP contribution is -2.28.